The maximum Gasteiger partial charge on any atom is -0.00201 e. The molecule has 0 unspecified atom stereocenters. The van der Waals surface area contributed by atoms with Gasteiger partial charge in [0.1, 0.15) is 0 Å². The molecule has 0 aliphatic rings. The van der Waals surface area contributed by atoms with E-state index in [-0.39, 0.29) is 0 Å². The zero-order chi connectivity index (χ0) is 42.1. The average Bonchev–Trinajstić information content (AvgIpc) is 3.36. The van der Waals surface area contributed by atoms with E-state index in [1.807, 2.05) is 0 Å². The van der Waals surface area contributed by atoms with Crippen molar-refractivity contribution in [1.82, 2.24) is 0 Å². The first kappa shape index (κ1) is 36.3. The number of fused-ring (bicyclic) bond motifs is 7. The SMILES string of the molecule is c1ccc(-c2c3ccccc3c(-c3ccc4ccc(-c5ccc6ccc(-c7c8ccccc8c(-c8cccc9ccccc89)c8ccccc78)cc6c5)cc4c3)c3ccccc23)cc1. The highest BCUT2D eigenvalue weighted by atomic mass is 14.2. The summed E-state index contributed by atoms with van der Waals surface area (Å²) in [5, 5.41) is 17.6. The first-order chi connectivity index (χ1) is 31.7. The summed E-state index contributed by atoms with van der Waals surface area (Å²) < 4.78 is 0. The maximum atomic E-state index is 2.40. The minimum atomic E-state index is 1.21. The lowest BCUT2D eigenvalue weighted by molar-refractivity contribution is 1.65. The van der Waals surface area contributed by atoms with E-state index in [4.69, 9.17) is 0 Å². The van der Waals surface area contributed by atoms with Crippen LogP contribution in [0, 0.1) is 0 Å². The summed E-state index contributed by atoms with van der Waals surface area (Å²) in [6.45, 7) is 0. The van der Waals surface area contributed by atoms with Gasteiger partial charge in [-0.1, -0.05) is 218 Å². The first-order valence-electron chi connectivity index (χ1n) is 22.2. The molecule has 0 aliphatic carbocycles. The molecule has 0 radical (unpaired) electrons. The monoisotopic (exact) mass is 808 g/mol. The van der Waals surface area contributed by atoms with E-state index in [9.17, 15) is 0 Å². The van der Waals surface area contributed by atoms with Crippen molar-refractivity contribution in [1.29, 1.82) is 0 Å². The molecule has 0 spiro atoms. The van der Waals surface area contributed by atoms with E-state index < -0.39 is 0 Å². The molecule has 0 aromatic heterocycles. The summed E-state index contributed by atoms with van der Waals surface area (Å²) in [4.78, 5) is 0. The summed E-state index contributed by atoms with van der Waals surface area (Å²) >= 11 is 0. The van der Waals surface area contributed by atoms with Crippen molar-refractivity contribution in [2.45, 2.75) is 0 Å². The molecular formula is C64H40. The molecule has 0 saturated heterocycles. The Kier molecular flexibility index (Phi) is 8.32. The van der Waals surface area contributed by atoms with Crippen molar-refractivity contribution >= 4 is 75.4 Å². The third-order valence-corrected chi connectivity index (χ3v) is 13.6. The van der Waals surface area contributed by atoms with E-state index in [0.717, 1.165) is 0 Å². The molecule has 13 rings (SSSR count). The minimum absolute atomic E-state index is 1.21. The maximum absolute atomic E-state index is 2.40. The summed E-state index contributed by atoms with van der Waals surface area (Å²) in [5.41, 5.74) is 12.5. The molecule has 0 atom stereocenters. The van der Waals surface area contributed by atoms with Gasteiger partial charge in [0.25, 0.3) is 0 Å². The van der Waals surface area contributed by atoms with Gasteiger partial charge in [-0.25, -0.2) is 0 Å². The molecule has 0 bridgehead atoms. The summed E-state index contributed by atoms with van der Waals surface area (Å²) in [7, 11) is 0. The molecule has 0 aliphatic heterocycles. The van der Waals surface area contributed by atoms with Gasteiger partial charge < -0.3 is 0 Å². The molecule has 0 N–H and O–H groups in total. The van der Waals surface area contributed by atoms with Crippen molar-refractivity contribution in [3.8, 4) is 55.6 Å². The summed E-state index contributed by atoms with van der Waals surface area (Å²) in [5.74, 6) is 0. The van der Waals surface area contributed by atoms with Crippen LogP contribution in [0.3, 0.4) is 0 Å². The third-order valence-electron chi connectivity index (χ3n) is 13.6. The molecule has 0 fully saturated rings. The second-order valence-electron chi connectivity index (χ2n) is 17.1. The number of hydrogen-bond donors (Lipinski definition) is 0. The number of rotatable bonds is 5. The third kappa shape index (κ3) is 5.77. The standard InChI is InChI=1S/C64H40/c1-2-16-44(17-3-1)61-53-20-6-8-22-55(53)62(56-23-9-7-21-54(56)61)47-35-31-41-29-33-45(37-49(41)39-47)46-34-30-42-32-36-48(40-50(42)38-46)63-57-24-10-12-26-59(57)64(60-27-13-11-25-58(60)63)52-28-14-18-43-15-4-5-19-51(43)52/h1-40H. The van der Waals surface area contributed by atoms with E-state index in [2.05, 4.69) is 243 Å². The lowest BCUT2D eigenvalue weighted by Crippen LogP contribution is -1.91. The highest BCUT2D eigenvalue weighted by Gasteiger charge is 2.19. The van der Waals surface area contributed by atoms with Gasteiger partial charge in [0, 0.05) is 0 Å². The van der Waals surface area contributed by atoms with E-state index in [1.165, 1.54) is 131 Å². The fourth-order valence-electron chi connectivity index (χ4n) is 10.7. The average molecular weight is 809 g/mol. The zero-order valence-corrected chi connectivity index (χ0v) is 35.1. The van der Waals surface area contributed by atoms with Crippen LogP contribution in [0.15, 0.2) is 243 Å². The predicted molar refractivity (Wildman–Crippen MR) is 276 cm³/mol. The van der Waals surface area contributed by atoms with Gasteiger partial charge in [0.05, 0.1) is 0 Å². The van der Waals surface area contributed by atoms with E-state index in [1.54, 1.807) is 0 Å². The summed E-state index contributed by atoms with van der Waals surface area (Å²) in [6, 6.07) is 89.9. The molecule has 0 nitrogen and oxygen atoms in total. The molecule has 0 heterocycles. The Morgan fingerprint density at radius 2 is 0.484 bits per heavy atom. The van der Waals surface area contributed by atoms with Crippen molar-refractivity contribution in [2.24, 2.45) is 0 Å². The molecule has 64 heavy (non-hydrogen) atoms. The van der Waals surface area contributed by atoms with Gasteiger partial charge in [0.2, 0.25) is 0 Å². The van der Waals surface area contributed by atoms with Crippen LogP contribution in [-0.2, 0) is 0 Å². The van der Waals surface area contributed by atoms with E-state index >= 15 is 0 Å². The Balaban J connectivity index is 0.950. The number of benzene rings is 13. The van der Waals surface area contributed by atoms with Crippen molar-refractivity contribution in [3.05, 3.63) is 243 Å². The van der Waals surface area contributed by atoms with Crippen LogP contribution in [-0.4, -0.2) is 0 Å². The Labute approximate surface area is 371 Å². The molecule has 0 amide bonds. The topological polar surface area (TPSA) is 0 Å². The fourth-order valence-corrected chi connectivity index (χ4v) is 10.7. The molecule has 13 aromatic carbocycles. The molecule has 13 aromatic rings. The highest BCUT2D eigenvalue weighted by molar-refractivity contribution is 6.24. The van der Waals surface area contributed by atoms with Crippen LogP contribution in [0.25, 0.3) is 131 Å². The Morgan fingerprint density at radius 3 is 0.938 bits per heavy atom. The van der Waals surface area contributed by atoms with Gasteiger partial charge in [0.15, 0.2) is 0 Å². The van der Waals surface area contributed by atoms with Crippen molar-refractivity contribution in [2.75, 3.05) is 0 Å². The largest absolute Gasteiger partial charge is 0.0622 e. The van der Waals surface area contributed by atoms with E-state index in [0.29, 0.717) is 0 Å². The first-order valence-corrected chi connectivity index (χ1v) is 22.2. The molecule has 0 heteroatoms. The molecule has 296 valence electrons. The van der Waals surface area contributed by atoms with Crippen LogP contribution in [0.2, 0.25) is 0 Å². The normalized spacial score (nSPS) is 11.8. The Bertz CT molecular complexity index is 3880. The molecule has 0 saturated carbocycles. The van der Waals surface area contributed by atoms with Crippen LogP contribution >= 0.6 is 0 Å². The Hall–Kier alpha value is -8.32. The predicted octanol–water partition coefficient (Wildman–Crippen LogP) is 18.1. The second-order valence-corrected chi connectivity index (χ2v) is 17.1. The van der Waals surface area contributed by atoms with Gasteiger partial charge >= 0.3 is 0 Å². The lowest BCUT2D eigenvalue weighted by Gasteiger charge is -2.19. The van der Waals surface area contributed by atoms with Crippen LogP contribution < -0.4 is 0 Å². The quantitative estimate of drug-likeness (QED) is 0.152. The second kappa shape index (κ2) is 14.7. The molecular weight excluding hydrogens is 769 g/mol. The van der Waals surface area contributed by atoms with Crippen LogP contribution in [0.4, 0.5) is 0 Å². The van der Waals surface area contributed by atoms with Gasteiger partial charge in [-0.2, -0.15) is 0 Å². The highest BCUT2D eigenvalue weighted by Crippen LogP contribution is 2.47. The zero-order valence-electron chi connectivity index (χ0n) is 35.1. The van der Waals surface area contributed by atoms with Gasteiger partial charge in [-0.05, 0) is 155 Å². The van der Waals surface area contributed by atoms with Gasteiger partial charge in [-0.15, -0.1) is 0 Å². The number of hydrogen-bond acceptors (Lipinski definition) is 0. The van der Waals surface area contributed by atoms with Gasteiger partial charge in [-0.3, -0.25) is 0 Å². The minimum Gasteiger partial charge on any atom is -0.0622 e. The summed E-state index contributed by atoms with van der Waals surface area (Å²) in [6.07, 6.45) is 0. The van der Waals surface area contributed by atoms with Crippen LogP contribution in [0.5, 0.6) is 0 Å². The van der Waals surface area contributed by atoms with Crippen molar-refractivity contribution < 1.29 is 0 Å². The fraction of sp³-hybridized carbons (Fsp3) is 0. The van der Waals surface area contributed by atoms with Crippen LogP contribution in [0.1, 0.15) is 0 Å². The Morgan fingerprint density at radius 1 is 0.156 bits per heavy atom. The lowest BCUT2D eigenvalue weighted by atomic mass is 9.84. The van der Waals surface area contributed by atoms with Crippen molar-refractivity contribution in [3.63, 3.8) is 0 Å². The smallest absolute Gasteiger partial charge is 0.00201 e.